The van der Waals surface area contributed by atoms with Gasteiger partial charge in [-0.15, -0.1) is 0 Å². The van der Waals surface area contributed by atoms with Gasteiger partial charge in [0.25, 0.3) is 0 Å². The molecule has 2 aromatic rings. The van der Waals surface area contributed by atoms with Crippen LogP contribution in [0.1, 0.15) is 26.0 Å². The molecule has 0 aromatic carbocycles. The van der Waals surface area contributed by atoms with Crippen molar-refractivity contribution in [2.24, 2.45) is 11.5 Å². The molecule has 2 aromatic heterocycles. The molecule has 10 heteroatoms. The van der Waals surface area contributed by atoms with Crippen LogP contribution in [0, 0.1) is 0 Å². The standard InChI is InChI=1S/C13H21N7O3/c1-2-3-16-11-8-12(18-5-17-11)20(6-19-8)7-4-13(15,22)9(23-7)10(14)21/h5-7,9-10,21-22H,2-4,14-15H2,1H3,(H,16,17,18)/t7-,9-,10?,13+/m1/s1. The Morgan fingerprint density at radius 1 is 1.52 bits per heavy atom. The molecule has 0 spiro atoms. The summed E-state index contributed by atoms with van der Waals surface area (Å²) in [7, 11) is 0. The Kier molecular flexibility index (Phi) is 4.17. The minimum atomic E-state index is -1.73. The first-order chi connectivity index (χ1) is 10.9. The molecule has 1 fully saturated rings. The van der Waals surface area contributed by atoms with E-state index in [-0.39, 0.29) is 6.42 Å². The summed E-state index contributed by atoms with van der Waals surface area (Å²) in [5.74, 6) is 0.631. The molecule has 7 N–H and O–H groups in total. The molecule has 0 amide bonds. The molecule has 0 aliphatic carbocycles. The first-order valence-electron chi connectivity index (χ1n) is 7.46. The van der Waals surface area contributed by atoms with E-state index in [2.05, 4.69) is 27.2 Å². The van der Waals surface area contributed by atoms with Crippen LogP contribution in [0.15, 0.2) is 12.7 Å². The minimum absolute atomic E-state index is 0.0547. The number of rotatable bonds is 5. The van der Waals surface area contributed by atoms with Crippen molar-refractivity contribution in [3.8, 4) is 0 Å². The van der Waals surface area contributed by atoms with Crippen molar-refractivity contribution in [2.45, 2.75) is 44.1 Å². The van der Waals surface area contributed by atoms with Gasteiger partial charge in [-0.2, -0.15) is 0 Å². The lowest BCUT2D eigenvalue weighted by molar-refractivity contribution is -0.111. The Labute approximate surface area is 132 Å². The number of fused-ring (bicyclic) bond motifs is 1. The van der Waals surface area contributed by atoms with Gasteiger partial charge >= 0.3 is 0 Å². The van der Waals surface area contributed by atoms with E-state index in [0.29, 0.717) is 17.0 Å². The highest BCUT2D eigenvalue weighted by Crippen LogP contribution is 2.36. The van der Waals surface area contributed by atoms with Gasteiger partial charge in [0, 0.05) is 13.0 Å². The molecular weight excluding hydrogens is 302 g/mol. The fourth-order valence-corrected chi connectivity index (χ4v) is 2.71. The number of hydrogen-bond acceptors (Lipinski definition) is 9. The number of nitrogens with one attached hydrogen (secondary N) is 1. The van der Waals surface area contributed by atoms with Crippen molar-refractivity contribution >= 4 is 17.0 Å². The number of aliphatic hydroxyl groups is 2. The number of anilines is 1. The van der Waals surface area contributed by atoms with Gasteiger partial charge in [0.15, 0.2) is 17.0 Å². The summed E-state index contributed by atoms with van der Waals surface area (Å²) >= 11 is 0. The third-order valence-electron chi connectivity index (χ3n) is 3.82. The normalized spacial score (nSPS) is 29.1. The van der Waals surface area contributed by atoms with Crippen LogP contribution in [-0.2, 0) is 4.74 Å². The third kappa shape index (κ3) is 2.86. The number of hydrogen-bond donors (Lipinski definition) is 5. The van der Waals surface area contributed by atoms with E-state index in [1.165, 1.54) is 6.33 Å². The average Bonchev–Trinajstić information content (AvgIpc) is 3.05. The fourth-order valence-electron chi connectivity index (χ4n) is 2.71. The molecule has 1 unspecified atom stereocenters. The van der Waals surface area contributed by atoms with E-state index >= 15 is 0 Å². The van der Waals surface area contributed by atoms with Gasteiger partial charge in [-0.05, 0) is 6.42 Å². The predicted molar refractivity (Wildman–Crippen MR) is 82.0 cm³/mol. The highest BCUT2D eigenvalue weighted by atomic mass is 16.6. The van der Waals surface area contributed by atoms with Crippen molar-refractivity contribution in [3.63, 3.8) is 0 Å². The van der Waals surface area contributed by atoms with Crippen LogP contribution in [0.4, 0.5) is 5.82 Å². The van der Waals surface area contributed by atoms with Crippen molar-refractivity contribution in [1.82, 2.24) is 19.5 Å². The topological polar surface area (TPSA) is 157 Å². The average molecular weight is 323 g/mol. The molecule has 3 heterocycles. The summed E-state index contributed by atoms with van der Waals surface area (Å²) in [5.41, 5.74) is 10.6. The number of aromatic nitrogens is 4. The maximum Gasteiger partial charge on any atom is 0.167 e. The van der Waals surface area contributed by atoms with Gasteiger partial charge in [0.2, 0.25) is 0 Å². The second-order valence-electron chi connectivity index (χ2n) is 5.67. The lowest BCUT2D eigenvalue weighted by Gasteiger charge is -2.24. The van der Waals surface area contributed by atoms with Crippen molar-refractivity contribution in [3.05, 3.63) is 12.7 Å². The number of aliphatic hydroxyl groups excluding tert-OH is 1. The van der Waals surface area contributed by atoms with E-state index in [4.69, 9.17) is 16.2 Å². The maximum absolute atomic E-state index is 10.2. The van der Waals surface area contributed by atoms with Crippen LogP contribution in [0.5, 0.6) is 0 Å². The Balaban J connectivity index is 1.93. The zero-order valence-electron chi connectivity index (χ0n) is 12.8. The monoisotopic (exact) mass is 323 g/mol. The molecular formula is C13H21N7O3. The van der Waals surface area contributed by atoms with Crippen LogP contribution in [-0.4, -0.2) is 54.3 Å². The van der Waals surface area contributed by atoms with Crippen LogP contribution in [0.2, 0.25) is 0 Å². The van der Waals surface area contributed by atoms with Gasteiger partial charge < -0.3 is 31.7 Å². The Morgan fingerprint density at radius 2 is 2.30 bits per heavy atom. The fraction of sp³-hybridized carbons (Fsp3) is 0.615. The van der Waals surface area contributed by atoms with Crippen LogP contribution < -0.4 is 16.8 Å². The molecule has 1 saturated heterocycles. The minimum Gasteiger partial charge on any atom is -0.376 e. The van der Waals surface area contributed by atoms with E-state index in [0.717, 1.165) is 13.0 Å². The first-order valence-corrected chi connectivity index (χ1v) is 7.46. The molecule has 126 valence electrons. The quantitative estimate of drug-likeness (QED) is 0.429. The van der Waals surface area contributed by atoms with Crippen LogP contribution >= 0.6 is 0 Å². The number of nitrogens with zero attached hydrogens (tertiary/aromatic N) is 4. The van der Waals surface area contributed by atoms with Crippen molar-refractivity contribution < 1.29 is 14.9 Å². The molecule has 23 heavy (non-hydrogen) atoms. The van der Waals surface area contributed by atoms with E-state index in [9.17, 15) is 10.2 Å². The molecule has 0 bridgehead atoms. The van der Waals surface area contributed by atoms with E-state index in [1.54, 1.807) is 10.9 Å². The Hall–Kier alpha value is -1.85. The van der Waals surface area contributed by atoms with Crippen LogP contribution in [0.25, 0.3) is 11.2 Å². The smallest absolute Gasteiger partial charge is 0.167 e. The predicted octanol–water partition coefficient (Wildman–Crippen LogP) is -1.14. The highest BCUT2D eigenvalue weighted by molar-refractivity contribution is 5.82. The molecule has 4 atom stereocenters. The maximum atomic E-state index is 10.2. The molecule has 1 aliphatic heterocycles. The van der Waals surface area contributed by atoms with Gasteiger partial charge in [-0.3, -0.25) is 4.57 Å². The van der Waals surface area contributed by atoms with Crippen molar-refractivity contribution in [1.29, 1.82) is 0 Å². The number of ether oxygens (including phenoxy) is 1. The van der Waals surface area contributed by atoms with Crippen molar-refractivity contribution in [2.75, 3.05) is 11.9 Å². The Bertz CT molecular complexity index is 687. The van der Waals surface area contributed by atoms with Gasteiger partial charge in [0.05, 0.1) is 6.33 Å². The summed E-state index contributed by atoms with van der Waals surface area (Å²) in [4.78, 5) is 12.7. The van der Waals surface area contributed by atoms with E-state index in [1.807, 2.05) is 0 Å². The van der Waals surface area contributed by atoms with Crippen LogP contribution in [0.3, 0.4) is 0 Å². The third-order valence-corrected chi connectivity index (χ3v) is 3.82. The SMILES string of the molecule is CCCNc1ncnc2c1ncn2[C@H]1C[C@](N)(O)[C@@H](C(N)O)O1. The zero-order chi connectivity index (χ0) is 16.6. The largest absolute Gasteiger partial charge is 0.376 e. The molecule has 10 nitrogen and oxygen atoms in total. The number of nitrogens with two attached hydrogens (primary N) is 2. The summed E-state index contributed by atoms with van der Waals surface area (Å²) < 4.78 is 7.25. The summed E-state index contributed by atoms with van der Waals surface area (Å²) in [6.07, 6.45) is 0.866. The molecule has 1 aliphatic rings. The first kappa shape index (κ1) is 16.0. The lowest BCUT2D eigenvalue weighted by atomic mass is 10.1. The summed E-state index contributed by atoms with van der Waals surface area (Å²) in [6.45, 7) is 2.82. The van der Waals surface area contributed by atoms with Gasteiger partial charge in [-0.25, -0.2) is 15.0 Å². The summed E-state index contributed by atoms with van der Waals surface area (Å²) in [5, 5.41) is 22.9. The Morgan fingerprint density at radius 3 is 2.96 bits per heavy atom. The number of imidazole rings is 1. The zero-order valence-corrected chi connectivity index (χ0v) is 12.8. The second kappa shape index (κ2) is 5.98. The molecule has 3 rings (SSSR count). The van der Waals surface area contributed by atoms with Gasteiger partial charge in [-0.1, -0.05) is 6.92 Å². The summed E-state index contributed by atoms with van der Waals surface area (Å²) in [6, 6.07) is 0. The molecule has 0 radical (unpaired) electrons. The highest BCUT2D eigenvalue weighted by Gasteiger charge is 2.48. The molecule has 0 saturated carbocycles. The second-order valence-corrected chi connectivity index (χ2v) is 5.67. The van der Waals surface area contributed by atoms with Gasteiger partial charge in [0.1, 0.15) is 30.6 Å². The lowest BCUT2D eigenvalue weighted by Crippen LogP contribution is -2.55. The van der Waals surface area contributed by atoms with E-state index < -0.39 is 24.3 Å².